The Kier molecular flexibility index (Phi) is 5.37. The normalized spacial score (nSPS) is 10.7. The third-order valence-corrected chi connectivity index (χ3v) is 4.36. The Hall–Kier alpha value is -3.08. The van der Waals surface area contributed by atoms with Crippen molar-refractivity contribution in [1.82, 2.24) is 10.3 Å². The van der Waals surface area contributed by atoms with E-state index in [1.165, 1.54) is 0 Å². The molecule has 0 fully saturated rings. The molecule has 0 aliphatic carbocycles. The van der Waals surface area contributed by atoms with Crippen molar-refractivity contribution in [3.63, 3.8) is 0 Å². The fourth-order valence-corrected chi connectivity index (χ4v) is 2.85. The minimum absolute atomic E-state index is 0.00515. The van der Waals surface area contributed by atoms with Crippen molar-refractivity contribution in [3.05, 3.63) is 75.6 Å². The van der Waals surface area contributed by atoms with Gasteiger partial charge in [0.2, 0.25) is 5.91 Å². The lowest BCUT2D eigenvalue weighted by atomic mass is 10.1. The van der Waals surface area contributed by atoms with Crippen LogP contribution < -0.4 is 15.6 Å². The molecular weight excluding hydrogens is 328 g/mol. The molecule has 2 N–H and O–H groups in total. The Balaban J connectivity index is 1.58. The summed E-state index contributed by atoms with van der Waals surface area (Å²) in [7, 11) is 1.63. The van der Waals surface area contributed by atoms with Crippen LogP contribution in [0.3, 0.4) is 0 Å². The lowest BCUT2D eigenvalue weighted by molar-refractivity contribution is -0.121. The van der Waals surface area contributed by atoms with Gasteiger partial charge in [-0.05, 0) is 60.2 Å². The molecule has 5 heteroatoms. The van der Waals surface area contributed by atoms with Gasteiger partial charge < -0.3 is 15.0 Å². The maximum atomic E-state index is 12.1. The van der Waals surface area contributed by atoms with Gasteiger partial charge in [-0.15, -0.1) is 0 Å². The molecule has 0 atom stereocenters. The molecule has 5 nitrogen and oxygen atoms in total. The third-order valence-electron chi connectivity index (χ3n) is 4.36. The molecule has 26 heavy (non-hydrogen) atoms. The Morgan fingerprint density at radius 1 is 1.12 bits per heavy atom. The van der Waals surface area contributed by atoms with Crippen LogP contribution in [0.5, 0.6) is 5.75 Å². The zero-order valence-corrected chi connectivity index (χ0v) is 15.0. The first-order valence-electron chi connectivity index (χ1n) is 8.57. The number of carbonyl (C=O) groups excluding carboxylic acids is 1. The summed E-state index contributed by atoms with van der Waals surface area (Å²) in [6, 6.07) is 15.4. The van der Waals surface area contributed by atoms with Gasteiger partial charge in [-0.25, -0.2) is 0 Å². The summed E-state index contributed by atoms with van der Waals surface area (Å²) in [5.41, 5.74) is 3.48. The highest BCUT2D eigenvalue weighted by Crippen LogP contribution is 2.15. The number of hydrogen-bond donors (Lipinski definition) is 2. The minimum atomic E-state index is -0.0731. The van der Waals surface area contributed by atoms with E-state index in [0.29, 0.717) is 24.9 Å². The minimum Gasteiger partial charge on any atom is -0.497 e. The topological polar surface area (TPSA) is 71.2 Å². The van der Waals surface area contributed by atoms with E-state index >= 15 is 0 Å². The number of fused-ring (bicyclic) bond motifs is 1. The van der Waals surface area contributed by atoms with E-state index < -0.39 is 0 Å². The first-order chi connectivity index (χ1) is 12.5. The summed E-state index contributed by atoms with van der Waals surface area (Å²) in [6.07, 6.45) is 1.09. The number of aromatic amines is 1. The van der Waals surface area contributed by atoms with Gasteiger partial charge in [0, 0.05) is 24.0 Å². The number of amides is 1. The van der Waals surface area contributed by atoms with Crippen molar-refractivity contribution in [2.75, 3.05) is 7.11 Å². The van der Waals surface area contributed by atoms with Gasteiger partial charge in [0.25, 0.3) is 5.56 Å². The van der Waals surface area contributed by atoms with Crippen LogP contribution >= 0.6 is 0 Å². The molecule has 3 aromatic rings. The van der Waals surface area contributed by atoms with Crippen LogP contribution in [0.1, 0.15) is 23.1 Å². The van der Waals surface area contributed by atoms with Crippen molar-refractivity contribution in [2.45, 2.75) is 26.3 Å². The smallest absolute Gasteiger partial charge is 0.251 e. The highest BCUT2D eigenvalue weighted by Gasteiger charge is 2.05. The van der Waals surface area contributed by atoms with E-state index in [1.807, 2.05) is 48.5 Å². The zero-order valence-electron chi connectivity index (χ0n) is 15.0. The van der Waals surface area contributed by atoms with Gasteiger partial charge in [0.1, 0.15) is 5.75 Å². The Morgan fingerprint density at radius 3 is 2.77 bits per heavy atom. The molecule has 0 bridgehead atoms. The van der Waals surface area contributed by atoms with E-state index in [4.69, 9.17) is 4.74 Å². The van der Waals surface area contributed by atoms with Crippen molar-refractivity contribution < 1.29 is 9.53 Å². The van der Waals surface area contributed by atoms with Crippen molar-refractivity contribution in [2.24, 2.45) is 0 Å². The fourth-order valence-electron chi connectivity index (χ4n) is 2.85. The van der Waals surface area contributed by atoms with Crippen LogP contribution in [-0.2, 0) is 17.8 Å². The summed E-state index contributed by atoms with van der Waals surface area (Å²) in [4.78, 5) is 26.6. The molecular formula is C21H22N2O3. The average Bonchev–Trinajstić information content (AvgIpc) is 2.66. The quantitative estimate of drug-likeness (QED) is 0.718. The van der Waals surface area contributed by atoms with E-state index in [-0.39, 0.29) is 11.5 Å². The van der Waals surface area contributed by atoms with Gasteiger partial charge in [-0.2, -0.15) is 0 Å². The summed E-state index contributed by atoms with van der Waals surface area (Å²) in [6.45, 7) is 2.25. The standard InChI is InChI=1S/C21H22N2O3/c1-14-10-17-11-16(6-8-19(17)23-21(14)25)13-22-20(24)9-7-15-4-3-5-18(12-15)26-2/h3-6,8,10-12H,7,9,13H2,1-2H3,(H,22,24)(H,23,25). The van der Waals surface area contributed by atoms with Crippen LogP contribution in [0.2, 0.25) is 0 Å². The monoisotopic (exact) mass is 350 g/mol. The number of aryl methyl sites for hydroxylation is 2. The van der Waals surface area contributed by atoms with Crippen LogP contribution in [0.4, 0.5) is 0 Å². The predicted octanol–water partition coefficient (Wildman–Crippen LogP) is 3.09. The summed E-state index contributed by atoms with van der Waals surface area (Å²) >= 11 is 0. The number of methoxy groups -OCH3 is 1. The molecule has 0 aliphatic heterocycles. The Bertz CT molecular complexity index is 992. The molecule has 0 aliphatic rings. The van der Waals surface area contributed by atoms with Gasteiger partial charge in [-0.3, -0.25) is 9.59 Å². The lowest BCUT2D eigenvalue weighted by Gasteiger charge is -2.08. The maximum Gasteiger partial charge on any atom is 0.251 e. The largest absolute Gasteiger partial charge is 0.497 e. The SMILES string of the molecule is COc1cccc(CCC(=O)NCc2ccc3[nH]c(=O)c(C)cc3c2)c1. The number of hydrogen-bond acceptors (Lipinski definition) is 3. The number of ether oxygens (including phenoxy) is 1. The predicted molar refractivity (Wildman–Crippen MR) is 102 cm³/mol. The van der Waals surface area contributed by atoms with Crippen molar-refractivity contribution in [3.8, 4) is 5.75 Å². The summed E-state index contributed by atoms with van der Waals surface area (Å²) in [5, 5.41) is 3.91. The van der Waals surface area contributed by atoms with Crippen molar-refractivity contribution >= 4 is 16.8 Å². The molecule has 2 aromatic carbocycles. The van der Waals surface area contributed by atoms with Crippen LogP contribution in [-0.4, -0.2) is 18.0 Å². The molecule has 1 amide bonds. The van der Waals surface area contributed by atoms with Crippen LogP contribution in [0.25, 0.3) is 10.9 Å². The molecule has 1 aromatic heterocycles. The number of rotatable bonds is 6. The van der Waals surface area contributed by atoms with Crippen LogP contribution in [0, 0.1) is 6.92 Å². The van der Waals surface area contributed by atoms with E-state index in [9.17, 15) is 9.59 Å². The number of aromatic nitrogens is 1. The number of benzene rings is 2. The number of nitrogens with one attached hydrogen (secondary N) is 2. The van der Waals surface area contributed by atoms with Gasteiger partial charge >= 0.3 is 0 Å². The molecule has 0 saturated heterocycles. The Morgan fingerprint density at radius 2 is 1.96 bits per heavy atom. The third kappa shape index (κ3) is 4.30. The molecule has 0 spiro atoms. The van der Waals surface area contributed by atoms with Crippen LogP contribution in [0.15, 0.2) is 53.3 Å². The zero-order chi connectivity index (χ0) is 18.5. The van der Waals surface area contributed by atoms with Gasteiger partial charge in [-0.1, -0.05) is 18.2 Å². The second-order valence-corrected chi connectivity index (χ2v) is 6.33. The summed E-state index contributed by atoms with van der Waals surface area (Å²) < 4.78 is 5.20. The van der Waals surface area contributed by atoms with E-state index in [0.717, 1.165) is 27.8 Å². The highest BCUT2D eigenvalue weighted by molar-refractivity contribution is 5.80. The number of pyridine rings is 1. The molecule has 0 radical (unpaired) electrons. The summed E-state index contributed by atoms with van der Waals surface area (Å²) in [5.74, 6) is 0.804. The second kappa shape index (κ2) is 7.87. The molecule has 1 heterocycles. The Labute approximate surface area is 152 Å². The maximum absolute atomic E-state index is 12.1. The first kappa shape index (κ1) is 17.7. The van der Waals surface area contributed by atoms with Crippen molar-refractivity contribution in [1.29, 1.82) is 0 Å². The highest BCUT2D eigenvalue weighted by atomic mass is 16.5. The molecule has 3 rings (SSSR count). The van der Waals surface area contributed by atoms with Gasteiger partial charge in [0.05, 0.1) is 7.11 Å². The molecule has 0 unspecified atom stereocenters. The first-order valence-corrected chi connectivity index (χ1v) is 8.57. The van der Waals surface area contributed by atoms with Gasteiger partial charge in [0.15, 0.2) is 0 Å². The van der Waals surface area contributed by atoms with E-state index in [2.05, 4.69) is 10.3 Å². The number of carbonyl (C=O) groups is 1. The second-order valence-electron chi connectivity index (χ2n) is 6.33. The number of H-pyrrole nitrogens is 1. The van der Waals surface area contributed by atoms with E-state index in [1.54, 1.807) is 14.0 Å². The fraction of sp³-hybridized carbons (Fsp3) is 0.238. The lowest BCUT2D eigenvalue weighted by Crippen LogP contribution is -2.23. The molecule has 0 saturated carbocycles. The molecule has 134 valence electrons. The average molecular weight is 350 g/mol.